The average molecular weight is 264 g/mol. The predicted molar refractivity (Wildman–Crippen MR) is 73.2 cm³/mol. The number of rotatable bonds is 5. The molecule has 4 nitrogen and oxygen atoms in total. The van der Waals surface area contributed by atoms with Gasteiger partial charge in [-0.3, -0.25) is 0 Å². The molecule has 1 unspecified atom stereocenters. The molecule has 96 valence electrons. The molecule has 0 saturated carbocycles. The Hall–Kier alpha value is -1.59. The van der Waals surface area contributed by atoms with Gasteiger partial charge in [-0.05, 0) is 19.1 Å². The smallest absolute Gasteiger partial charge is 0.141 e. The zero-order chi connectivity index (χ0) is 13.0. The van der Waals surface area contributed by atoms with Gasteiger partial charge < -0.3 is 15.2 Å². The van der Waals surface area contributed by atoms with Crippen molar-refractivity contribution in [3.05, 3.63) is 40.8 Å². The zero-order valence-corrected chi connectivity index (χ0v) is 11.2. The SMILES string of the molecule is COc1ccccc1NC(C)(CO)c1nccs1. The van der Waals surface area contributed by atoms with Gasteiger partial charge in [0, 0.05) is 11.6 Å². The van der Waals surface area contributed by atoms with E-state index < -0.39 is 5.54 Å². The van der Waals surface area contributed by atoms with Crippen LogP contribution in [0.1, 0.15) is 11.9 Å². The Balaban J connectivity index is 2.31. The topological polar surface area (TPSA) is 54.4 Å². The summed E-state index contributed by atoms with van der Waals surface area (Å²) in [6.45, 7) is 1.87. The van der Waals surface area contributed by atoms with E-state index in [9.17, 15) is 5.11 Å². The van der Waals surface area contributed by atoms with Gasteiger partial charge in [-0.1, -0.05) is 12.1 Å². The Labute approximate surface area is 110 Å². The molecule has 5 heteroatoms. The lowest BCUT2D eigenvalue weighted by Crippen LogP contribution is -2.35. The monoisotopic (exact) mass is 264 g/mol. The molecular weight excluding hydrogens is 248 g/mol. The minimum absolute atomic E-state index is 0.0431. The van der Waals surface area contributed by atoms with Gasteiger partial charge >= 0.3 is 0 Å². The van der Waals surface area contributed by atoms with Gasteiger partial charge in [0.2, 0.25) is 0 Å². The van der Waals surface area contributed by atoms with Crippen LogP contribution in [0.15, 0.2) is 35.8 Å². The summed E-state index contributed by atoms with van der Waals surface area (Å²) in [6.07, 6.45) is 1.73. The van der Waals surface area contributed by atoms with E-state index in [1.165, 1.54) is 11.3 Å². The number of aromatic nitrogens is 1. The number of aliphatic hydroxyl groups is 1. The number of aliphatic hydroxyl groups excluding tert-OH is 1. The molecule has 0 spiro atoms. The Morgan fingerprint density at radius 1 is 1.44 bits per heavy atom. The number of benzene rings is 1. The Morgan fingerprint density at radius 3 is 2.83 bits per heavy atom. The lowest BCUT2D eigenvalue weighted by molar-refractivity contribution is 0.223. The molecule has 0 aliphatic carbocycles. The van der Waals surface area contributed by atoms with Crippen LogP contribution in [-0.2, 0) is 5.54 Å². The first kappa shape index (κ1) is 12.9. The molecule has 0 fully saturated rings. The van der Waals surface area contributed by atoms with Crippen LogP contribution in [0.2, 0.25) is 0 Å². The van der Waals surface area contributed by atoms with Crippen molar-refractivity contribution in [2.75, 3.05) is 19.0 Å². The van der Waals surface area contributed by atoms with Crippen LogP contribution in [-0.4, -0.2) is 23.8 Å². The van der Waals surface area contributed by atoms with Crippen LogP contribution in [0.25, 0.3) is 0 Å². The van der Waals surface area contributed by atoms with Crippen molar-refractivity contribution in [1.82, 2.24) is 4.98 Å². The summed E-state index contributed by atoms with van der Waals surface area (Å²) in [5, 5.41) is 15.7. The molecule has 18 heavy (non-hydrogen) atoms. The van der Waals surface area contributed by atoms with E-state index in [2.05, 4.69) is 10.3 Å². The number of hydrogen-bond acceptors (Lipinski definition) is 5. The molecule has 1 aromatic heterocycles. The van der Waals surface area contributed by atoms with Crippen molar-refractivity contribution in [1.29, 1.82) is 0 Å². The maximum Gasteiger partial charge on any atom is 0.141 e. The van der Waals surface area contributed by atoms with Gasteiger partial charge in [0.1, 0.15) is 16.3 Å². The molecule has 2 rings (SSSR count). The first-order valence-electron chi connectivity index (χ1n) is 5.61. The number of hydrogen-bond donors (Lipinski definition) is 2. The number of para-hydroxylation sites is 2. The maximum absolute atomic E-state index is 9.65. The van der Waals surface area contributed by atoms with Gasteiger partial charge in [0.25, 0.3) is 0 Å². The van der Waals surface area contributed by atoms with Crippen LogP contribution >= 0.6 is 11.3 Å². The summed E-state index contributed by atoms with van der Waals surface area (Å²) in [5.74, 6) is 0.744. The highest BCUT2D eigenvalue weighted by Crippen LogP contribution is 2.32. The van der Waals surface area contributed by atoms with E-state index in [4.69, 9.17) is 4.74 Å². The molecule has 1 heterocycles. The van der Waals surface area contributed by atoms with Crippen molar-refractivity contribution in [3.63, 3.8) is 0 Å². The number of thiazole rings is 1. The van der Waals surface area contributed by atoms with Crippen molar-refractivity contribution in [2.45, 2.75) is 12.5 Å². The minimum atomic E-state index is -0.608. The van der Waals surface area contributed by atoms with Crippen LogP contribution < -0.4 is 10.1 Å². The predicted octanol–water partition coefficient (Wildman–Crippen LogP) is 2.47. The fourth-order valence-electron chi connectivity index (χ4n) is 1.70. The van der Waals surface area contributed by atoms with Crippen molar-refractivity contribution < 1.29 is 9.84 Å². The molecule has 0 aliphatic rings. The maximum atomic E-state index is 9.65. The Bertz CT molecular complexity index is 501. The third-order valence-corrected chi connectivity index (χ3v) is 3.78. The number of ether oxygens (including phenoxy) is 1. The molecule has 2 aromatic rings. The van der Waals surface area contributed by atoms with Crippen molar-refractivity contribution in [3.8, 4) is 5.75 Å². The molecule has 0 bridgehead atoms. The number of nitrogens with one attached hydrogen (secondary N) is 1. The van der Waals surface area contributed by atoms with E-state index in [0.717, 1.165) is 16.4 Å². The molecule has 0 amide bonds. The van der Waals surface area contributed by atoms with Crippen LogP contribution in [0, 0.1) is 0 Å². The summed E-state index contributed by atoms with van der Waals surface area (Å²) in [5.41, 5.74) is 0.231. The first-order valence-corrected chi connectivity index (χ1v) is 6.49. The summed E-state index contributed by atoms with van der Waals surface area (Å²) in [4.78, 5) is 4.27. The number of anilines is 1. The second-order valence-corrected chi connectivity index (χ2v) is 5.05. The largest absolute Gasteiger partial charge is 0.495 e. The van der Waals surface area contributed by atoms with Gasteiger partial charge in [-0.15, -0.1) is 11.3 Å². The molecular formula is C13H16N2O2S. The summed E-state index contributed by atoms with van der Waals surface area (Å²) in [7, 11) is 1.63. The van der Waals surface area contributed by atoms with Crippen molar-refractivity contribution >= 4 is 17.0 Å². The van der Waals surface area contributed by atoms with E-state index >= 15 is 0 Å². The lowest BCUT2D eigenvalue weighted by atomic mass is 10.0. The number of methoxy groups -OCH3 is 1. The molecule has 1 atom stereocenters. The Morgan fingerprint density at radius 2 is 2.22 bits per heavy atom. The van der Waals surface area contributed by atoms with E-state index in [0.29, 0.717) is 0 Å². The highest BCUT2D eigenvalue weighted by molar-refractivity contribution is 7.09. The second kappa shape index (κ2) is 5.37. The van der Waals surface area contributed by atoms with Crippen LogP contribution in [0.5, 0.6) is 5.75 Å². The molecule has 1 aromatic carbocycles. The third kappa shape index (κ3) is 2.47. The zero-order valence-electron chi connectivity index (χ0n) is 10.4. The minimum Gasteiger partial charge on any atom is -0.495 e. The fraction of sp³-hybridized carbons (Fsp3) is 0.308. The molecule has 0 aliphatic heterocycles. The molecule has 0 radical (unpaired) electrons. The van der Waals surface area contributed by atoms with Gasteiger partial charge in [0.15, 0.2) is 0 Å². The highest BCUT2D eigenvalue weighted by atomic mass is 32.1. The van der Waals surface area contributed by atoms with E-state index in [1.807, 2.05) is 36.6 Å². The third-order valence-electron chi connectivity index (χ3n) is 2.74. The molecule has 2 N–H and O–H groups in total. The van der Waals surface area contributed by atoms with Crippen LogP contribution in [0.3, 0.4) is 0 Å². The fourth-order valence-corrected chi connectivity index (χ4v) is 2.45. The molecule has 0 saturated heterocycles. The van der Waals surface area contributed by atoms with Gasteiger partial charge in [0.05, 0.1) is 19.4 Å². The highest BCUT2D eigenvalue weighted by Gasteiger charge is 2.29. The number of nitrogens with zero attached hydrogens (tertiary/aromatic N) is 1. The Kier molecular flexibility index (Phi) is 3.84. The van der Waals surface area contributed by atoms with E-state index in [1.54, 1.807) is 13.3 Å². The lowest BCUT2D eigenvalue weighted by Gasteiger charge is -2.28. The standard InChI is InChI=1S/C13H16N2O2S/c1-13(9-16,12-14-7-8-18-12)15-10-5-3-4-6-11(10)17-2/h3-8,15-16H,9H2,1-2H3. The van der Waals surface area contributed by atoms with Gasteiger partial charge in [-0.2, -0.15) is 0 Å². The van der Waals surface area contributed by atoms with Crippen molar-refractivity contribution in [2.24, 2.45) is 0 Å². The normalized spacial score (nSPS) is 13.9. The van der Waals surface area contributed by atoms with E-state index in [-0.39, 0.29) is 6.61 Å². The summed E-state index contributed by atoms with van der Waals surface area (Å²) >= 11 is 1.51. The summed E-state index contributed by atoms with van der Waals surface area (Å²) < 4.78 is 5.29. The average Bonchev–Trinajstić information content (AvgIpc) is 2.94. The summed E-state index contributed by atoms with van der Waals surface area (Å²) in [6, 6.07) is 7.62. The quantitative estimate of drug-likeness (QED) is 0.871. The first-order chi connectivity index (χ1) is 8.69. The van der Waals surface area contributed by atoms with Crippen LogP contribution in [0.4, 0.5) is 5.69 Å². The van der Waals surface area contributed by atoms with Gasteiger partial charge in [-0.25, -0.2) is 4.98 Å². The second-order valence-electron chi connectivity index (χ2n) is 4.15.